The number of carbonyl (C=O) groups excluding carboxylic acids is 1. The number of aromatic amines is 1. The average molecular weight is 356 g/mol. The Bertz CT molecular complexity index is 883. The maximum absolute atomic E-state index is 11.7. The van der Waals surface area contributed by atoms with E-state index in [1.807, 2.05) is 19.2 Å². The summed E-state index contributed by atoms with van der Waals surface area (Å²) in [7, 11) is 6.57. The normalized spacial score (nSPS) is 11.2. The van der Waals surface area contributed by atoms with E-state index in [0.29, 0.717) is 10.2 Å². The molecule has 6 nitrogen and oxygen atoms in total. The molecule has 0 saturated heterocycles. The number of hydrogen-bond acceptors (Lipinski definition) is 6. The maximum atomic E-state index is 11.7. The van der Waals surface area contributed by atoms with Crippen LogP contribution < -0.4 is 5.32 Å². The molecule has 0 spiro atoms. The zero-order valence-electron chi connectivity index (χ0n) is 14.6. The minimum atomic E-state index is -0.376. The van der Waals surface area contributed by atoms with Crippen molar-refractivity contribution in [1.29, 1.82) is 0 Å². The largest absolute Gasteiger partial charge is 0.465 e. The molecule has 0 unspecified atom stereocenters. The zero-order valence-corrected chi connectivity index (χ0v) is 15.4. The lowest BCUT2D eigenvalue weighted by molar-refractivity contribution is 0.0601. The van der Waals surface area contributed by atoms with Gasteiger partial charge >= 0.3 is 5.97 Å². The van der Waals surface area contributed by atoms with Crippen LogP contribution in [-0.2, 0) is 4.74 Å². The van der Waals surface area contributed by atoms with Crippen LogP contribution in [0.5, 0.6) is 0 Å². The van der Waals surface area contributed by atoms with Gasteiger partial charge in [-0.15, -0.1) is 0 Å². The van der Waals surface area contributed by atoms with Gasteiger partial charge < -0.3 is 15.0 Å². The minimum Gasteiger partial charge on any atom is -0.465 e. The molecule has 2 rings (SSSR count). The van der Waals surface area contributed by atoms with E-state index in [4.69, 9.17) is 17.0 Å². The summed E-state index contributed by atoms with van der Waals surface area (Å²) in [5.74, 6) is 0.384. The third-order valence-electron chi connectivity index (χ3n) is 3.65. The van der Waals surface area contributed by atoms with E-state index in [1.54, 1.807) is 38.7 Å². The number of anilines is 1. The molecular weight excluding hydrogens is 336 g/mol. The highest BCUT2D eigenvalue weighted by Gasteiger charge is 2.16. The number of esters is 1. The summed E-state index contributed by atoms with van der Waals surface area (Å²) in [6, 6.07) is 7.16. The molecule has 0 aliphatic carbocycles. The number of benzene rings is 1. The molecule has 2 aromatic rings. The molecule has 0 radical (unpaired) electrons. The molecule has 1 heterocycles. The number of nitrogens with zero attached hydrogens (tertiary/aromatic N) is 2. The van der Waals surface area contributed by atoms with E-state index in [0.717, 1.165) is 28.1 Å². The standard InChI is InChI=1S/C18H20N4O2S/c1-19-9-13-15(11-5-7-12(8-6-11)18(23)24-4)14(10-20-2)17(25)22-16(13)21-3/h5-10H,1-4H3,(H2,21,22,25). The number of hydrogen-bond donors (Lipinski definition) is 2. The van der Waals surface area contributed by atoms with Crippen LogP contribution in [0, 0.1) is 4.64 Å². The number of methoxy groups -OCH3 is 1. The first-order valence-corrected chi connectivity index (χ1v) is 7.99. The lowest BCUT2D eigenvalue weighted by atomic mass is 9.95. The van der Waals surface area contributed by atoms with Gasteiger partial charge in [0.2, 0.25) is 0 Å². The molecule has 25 heavy (non-hydrogen) atoms. The summed E-state index contributed by atoms with van der Waals surface area (Å²) >= 11 is 5.48. The monoisotopic (exact) mass is 356 g/mol. The van der Waals surface area contributed by atoms with Crippen LogP contribution in [0.25, 0.3) is 11.1 Å². The first-order chi connectivity index (χ1) is 12.1. The first-order valence-electron chi connectivity index (χ1n) is 7.58. The van der Waals surface area contributed by atoms with Crippen LogP contribution in [0.2, 0.25) is 0 Å². The van der Waals surface area contributed by atoms with Gasteiger partial charge in [0.1, 0.15) is 10.5 Å². The second-order valence-electron chi connectivity index (χ2n) is 5.13. The Morgan fingerprint density at radius 2 is 1.76 bits per heavy atom. The lowest BCUT2D eigenvalue weighted by Gasteiger charge is -2.15. The average Bonchev–Trinajstić information content (AvgIpc) is 2.64. The van der Waals surface area contributed by atoms with Crippen LogP contribution in [0.1, 0.15) is 21.5 Å². The highest BCUT2D eigenvalue weighted by Crippen LogP contribution is 2.31. The zero-order chi connectivity index (χ0) is 18.4. The van der Waals surface area contributed by atoms with E-state index in [1.165, 1.54) is 7.11 Å². The van der Waals surface area contributed by atoms with Gasteiger partial charge in [-0.05, 0) is 17.7 Å². The van der Waals surface area contributed by atoms with Gasteiger partial charge in [0, 0.05) is 50.3 Å². The van der Waals surface area contributed by atoms with Crippen molar-refractivity contribution < 1.29 is 9.53 Å². The van der Waals surface area contributed by atoms with Gasteiger partial charge in [0.05, 0.1) is 12.7 Å². The Kier molecular flexibility index (Phi) is 6.19. The Balaban J connectivity index is 2.79. The molecule has 0 fully saturated rings. The first kappa shape index (κ1) is 18.5. The molecule has 0 saturated carbocycles. The quantitative estimate of drug-likeness (QED) is 0.489. The fourth-order valence-electron chi connectivity index (χ4n) is 2.54. The molecule has 1 aromatic carbocycles. The fourth-order valence-corrected chi connectivity index (χ4v) is 2.80. The number of H-pyrrole nitrogens is 1. The summed E-state index contributed by atoms with van der Waals surface area (Å²) < 4.78 is 5.31. The summed E-state index contributed by atoms with van der Waals surface area (Å²) in [4.78, 5) is 23.1. The topological polar surface area (TPSA) is 78.8 Å². The van der Waals surface area contributed by atoms with E-state index in [9.17, 15) is 4.79 Å². The molecule has 0 amide bonds. The molecule has 0 aliphatic rings. The molecule has 130 valence electrons. The molecular formula is C18H20N4O2S. The maximum Gasteiger partial charge on any atom is 0.337 e. The molecule has 2 N–H and O–H groups in total. The predicted octanol–water partition coefficient (Wildman–Crippen LogP) is 3.34. The Morgan fingerprint density at radius 3 is 2.28 bits per heavy atom. The van der Waals surface area contributed by atoms with Crippen LogP contribution >= 0.6 is 12.2 Å². The van der Waals surface area contributed by atoms with E-state index in [2.05, 4.69) is 20.3 Å². The lowest BCUT2D eigenvalue weighted by Crippen LogP contribution is -2.06. The number of pyridine rings is 1. The number of aliphatic imine (C=N–C) groups is 2. The van der Waals surface area contributed by atoms with Crippen molar-refractivity contribution in [3.63, 3.8) is 0 Å². The van der Waals surface area contributed by atoms with Gasteiger partial charge in [0.15, 0.2) is 0 Å². The summed E-state index contributed by atoms with van der Waals surface area (Å²) in [6.45, 7) is 0. The number of rotatable bonds is 5. The third-order valence-corrected chi connectivity index (χ3v) is 3.97. The number of nitrogens with one attached hydrogen (secondary N) is 2. The second-order valence-corrected chi connectivity index (χ2v) is 5.53. The van der Waals surface area contributed by atoms with Gasteiger partial charge in [-0.3, -0.25) is 9.98 Å². The van der Waals surface area contributed by atoms with E-state index >= 15 is 0 Å². The van der Waals surface area contributed by atoms with Gasteiger partial charge in [0.25, 0.3) is 0 Å². The summed E-state index contributed by atoms with van der Waals surface area (Å²) in [5, 5.41) is 3.11. The molecule has 7 heteroatoms. The predicted molar refractivity (Wildman–Crippen MR) is 105 cm³/mol. The Labute approximate surface area is 151 Å². The number of aromatic nitrogens is 1. The molecule has 0 atom stereocenters. The van der Waals surface area contributed by atoms with Crippen molar-refractivity contribution in [2.24, 2.45) is 9.98 Å². The number of carbonyl (C=O) groups is 1. The van der Waals surface area contributed by atoms with Gasteiger partial charge in [-0.2, -0.15) is 0 Å². The third kappa shape index (κ3) is 3.83. The molecule has 1 aromatic heterocycles. The van der Waals surface area contributed by atoms with Crippen molar-refractivity contribution in [1.82, 2.24) is 4.98 Å². The summed E-state index contributed by atoms with van der Waals surface area (Å²) in [5.41, 5.74) is 3.92. The highest BCUT2D eigenvalue weighted by atomic mass is 32.1. The Hall–Kier alpha value is -2.80. The van der Waals surface area contributed by atoms with Gasteiger partial charge in [-0.25, -0.2) is 4.79 Å². The smallest absolute Gasteiger partial charge is 0.337 e. The van der Waals surface area contributed by atoms with Crippen molar-refractivity contribution >= 4 is 36.4 Å². The minimum absolute atomic E-state index is 0.376. The van der Waals surface area contributed by atoms with E-state index < -0.39 is 0 Å². The van der Waals surface area contributed by atoms with Crippen molar-refractivity contribution in [2.75, 3.05) is 33.6 Å². The van der Waals surface area contributed by atoms with Crippen LogP contribution in [0.15, 0.2) is 34.3 Å². The Morgan fingerprint density at radius 1 is 1.16 bits per heavy atom. The molecule has 0 aliphatic heterocycles. The summed E-state index contributed by atoms with van der Waals surface area (Å²) in [6.07, 6.45) is 3.47. The van der Waals surface area contributed by atoms with Crippen LogP contribution in [0.3, 0.4) is 0 Å². The SMILES string of the molecule is CN=Cc1c(NC)[nH]c(=S)c(C=NC)c1-c1ccc(C(=O)OC)cc1. The molecule has 0 bridgehead atoms. The number of ether oxygens (including phenoxy) is 1. The van der Waals surface area contributed by atoms with Crippen LogP contribution in [-0.4, -0.2) is 51.6 Å². The fraction of sp³-hybridized carbons (Fsp3) is 0.222. The van der Waals surface area contributed by atoms with Crippen LogP contribution in [0.4, 0.5) is 5.82 Å². The van der Waals surface area contributed by atoms with Gasteiger partial charge in [-0.1, -0.05) is 24.4 Å². The second kappa shape index (κ2) is 8.34. The van der Waals surface area contributed by atoms with Crippen molar-refractivity contribution in [3.05, 3.63) is 45.6 Å². The van der Waals surface area contributed by atoms with Crippen molar-refractivity contribution in [3.8, 4) is 11.1 Å². The van der Waals surface area contributed by atoms with Crippen molar-refractivity contribution in [2.45, 2.75) is 0 Å². The van der Waals surface area contributed by atoms with E-state index in [-0.39, 0.29) is 5.97 Å². The highest BCUT2D eigenvalue weighted by molar-refractivity contribution is 7.71.